The van der Waals surface area contributed by atoms with Gasteiger partial charge in [0, 0.05) is 522 Å². The normalized spacial score (nSPS) is 8.49. The Kier molecular flexibility index (Phi) is 80.7. The Morgan fingerprint density at radius 3 is 0.699 bits per heavy atom. The molecule has 428 valence electrons. The van der Waals surface area contributed by atoms with Gasteiger partial charge in [-0.05, 0) is 18.2 Å². The minimum Gasteiger partial charge on any atom is -0.325 e. The van der Waals surface area contributed by atoms with Crippen LogP contribution in [-0.4, -0.2) is 12.2 Å². The van der Waals surface area contributed by atoms with Crippen molar-refractivity contribution >= 4 is 529 Å². The van der Waals surface area contributed by atoms with Gasteiger partial charge in [-0.25, -0.2) is 4.39 Å². The molecule has 61 heteroatoms. The van der Waals surface area contributed by atoms with Gasteiger partial charge in [0.25, 0.3) is 0 Å². The van der Waals surface area contributed by atoms with Gasteiger partial charge in [0.2, 0.25) is 5.91 Å². The van der Waals surface area contributed by atoms with Gasteiger partial charge in [-0.2, -0.15) is 0 Å². The fourth-order valence-electron chi connectivity index (χ4n) is 1.65. The molecule has 0 fully saturated rings. The van der Waals surface area contributed by atoms with Crippen LogP contribution in [0.2, 0.25) is 0 Å². The maximum Gasteiger partial charge on any atom is 0.229 e. The van der Waals surface area contributed by atoms with Crippen LogP contribution in [0.4, 0.5) is 10.1 Å². The summed E-state index contributed by atoms with van der Waals surface area (Å²) in [6, 6.07) is 3.64. The number of carbonyl (C=O) groups is 2. The smallest absolute Gasteiger partial charge is 0.229 e. The molecule has 0 bridgehead atoms. The number of aldehydes is 1. The van der Waals surface area contributed by atoms with Gasteiger partial charge in [-0.3, -0.25) is 9.59 Å². The van der Waals surface area contributed by atoms with Gasteiger partial charge in [0.1, 0.15) is 5.82 Å². The standard InChI is InChI=1S/C12H14FNO2.S57/c1-12(2,3)11(16)14-10-6-9(13)5-4-8(10)7-15;1-3-5-7-9-11-13-15-17-19-21-23-25-27-29-31-33-35-37-39-41-43-45-47-49-51-53-55-57-56-54-52-50-48-46-44-42-40-38-36-34-32-30-28-26-24-22-20-18-16-14-12-10-8-6-4-2/h4-7H,1-3H3,(H,14,16);. The molecule has 0 aliphatic heterocycles. The second kappa shape index (κ2) is 70.3. The fourth-order valence-corrected chi connectivity index (χ4v) is 147. The van der Waals surface area contributed by atoms with E-state index < -0.39 is 11.2 Å². The van der Waals surface area contributed by atoms with Crippen LogP contribution in [0.1, 0.15) is 31.1 Å². The number of hydrogen-bond acceptors (Lipinski definition) is 4. The fraction of sp³-hybridized carbons (Fsp3) is 0.333. The van der Waals surface area contributed by atoms with E-state index in [4.69, 9.17) is 22.4 Å². The molecule has 0 aromatic heterocycles. The molecule has 0 unspecified atom stereocenters. The summed E-state index contributed by atoms with van der Waals surface area (Å²) in [5, 5.41) is 2.53. The molecule has 0 saturated carbocycles. The molecule has 0 heterocycles. The zero-order valence-corrected chi connectivity index (χ0v) is 79.3. The largest absolute Gasteiger partial charge is 0.325 e. The van der Waals surface area contributed by atoms with E-state index in [9.17, 15) is 14.0 Å². The van der Waals surface area contributed by atoms with Crippen LogP contribution in [-0.2, 0) is 516 Å². The van der Waals surface area contributed by atoms with E-state index in [0.29, 0.717) is 6.29 Å². The maximum absolute atomic E-state index is 13.0. The first kappa shape index (κ1) is 83.8. The molecule has 1 aromatic rings. The Bertz CT molecular complexity index is 4590. The SMILES string of the molecule is CC(C)(C)C(=O)Nc1cc(F)ccc1C=O.S=S=S=S=S=S=S=S=S=S=S=S=S=S=S=S=S=S=S=S=S=S=S=S=S=S=S=S=S=S=S=S=S=S=S=S=S=S=S=S=S=S=S=S=S=S=S=S=S=S=S=S=S=S=S=S=S. The van der Waals surface area contributed by atoms with Crippen molar-refractivity contribution < 1.29 is 14.0 Å². The van der Waals surface area contributed by atoms with Crippen LogP contribution in [0.3, 0.4) is 0 Å². The number of carbonyl (C=O) groups excluding carboxylic acids is 2. The Hall–Kier alpha value is 10.8. The predicted octanol–water partition coefficient (Wildman–Crippen LogP) is 2.49. The van der Waals surface area contributed by atoms with Crippen LogP contribution in [0, 0.1) is 11.2 Å². The van der Waals surface area contributed by atoms with E-state index >= 15 is 0 Å². The van der Waals surface area contributed by atoms with E-state index in [2.05, 4.69) is 5.32 Å². The lowest BCUT2D eigenvalue weighted by Crippen LogP contribution is -2.28. The van der Waals surface area contributed by atoms with Crippen molar-refractivity contribution in [1.29, 1.82) is 0 Å². The molecular weight excluding hydrogens is 2040 g/mol. The zero-order valence-electron chi connectivity index (χ0n) is 32.8. The summed E-state index contributed by atoms with van der Waals surface area (Å²) in [5.41, 5.74) is -0.124. The molecule has 1 N–H and O–H groups in total. The van der Waals surface area contributed by atoms with Crippen molar-refractivity contribution in [2.24, 2.45) is 5.41 Å². The van der Waals surface area contributed by atoms with Crippen molar-refractivity contribution in [3.63, 3.8) is 0 Å². The number of amides is 1. The van der Waals surface area contributed by atoms with Gasteiger partial charge in [-0.15, -0.1) is 0 Å². The number of anilines is 1. The zero-order chi connectivity index (χ0) is 53.2. The van der Waals surface area contributed by atoms with E-state index in [1.54, 1.807) is 127 Å². The Morgan fingerprint density at radius 2 is 0.548 bits per heavy atom. The maximum atomic E-state index is 13.0. The van der Waals surface area contributed by atoms with Gasteiger partial charge in [0.05, 0.1) is 5.69 Å². The van der Waals surface area contributed by atoms with Crippen LogP contribution in [0.15, 0.2) is 18.2 Å². The highest BCUT2D eigenvalue weighted by molar-refractivity contribution is 8.83. The van der Waals surface area contributed by atoms with E-state index in [0.717, 1.165) is 6.07 Å². The Labute approximate surface area is 587 Å². The summed E-state index contributed by atoms with van der Waals surface area (Å²) in [6.45, 7) is 5.21. The van der Waals surface area contributed by atoms with Gasteiger partial charge >= 0.3 is 0 Å². The Morgan fingerprint density at radius 1 is 0.370 bits per heavy atom. The molecule has 0 saturated heterocycles. The topological polar surface area (TPSA) is 46.2 Å². The average Bonchev–Trinajstić information content (AvgIpc) is 3.37. The molecule has 1 amide bonds. The molecule has 1 rings (SSSR count). The number of rotatable bonds is 2. The monoisotopic (exact) mass is 2050 g/mol. The van der Waals surface area contributed by atoms with E-state index in [-0.39, 0.29) is 17.2 Å². The highest BCUT2D eigenvalue weighted by atomic mass is 33.5. The molecule has 0 atom stereocenters. The first-order chi connectivity index (χ1) is 35.8. The third kappa shape index (κ3) is 67.1. The number of halogens is 1. The van der Waals surface area contributed by atoms with Crippen LogP contribution in [0.5, 0.6) is 0 Å². The van der Waals surface area contributed by atoms with Crippen LogP contribution >= 0.6 is 0 Å². The van der Waals surface area contributed by atoms with Crippen molar-refractivity contribution in [3.05, 3.63) is 29.6 Å². The molecule has 3 nitrogen and oxygen atoms in total. The summed E-state index contributed by atoms with van der Waals surface area (Å²) in [7, 11) is 98.5. The van der Waals surface area contributed by atoms with E-state index in [1.807, 2.05) is 364 Å². The lowest BCUT2D eigenvalue weighted by Gasteiger charge is -2.18. The third-order valence-corrected chi connectivity index (χ3v) is 124. The summed E-state index contributed by atoms with van der Waals surface area (Å²) in [4.78, 5) is 22.4. The van der Waals surface area contributed by atoms with Crippen LogP contribution < -0.4 is 5.32 Å². The Balaban J connectivity index is 0.00000272. The number of benzene rings is 1. The third-order valence-electron chi connectivity index (χ3n) is 3.57. The minimum absolute atomic E-state index is 0.204. The average molecular weight is 2050 g/mol. The molecule has 0 aliphatic rings. The minimum atomic E-state index is -0.591. The quantitative estimate of drug-likeness (QED) is 0.464. The summed E-state index contributed by atoms with van der Waals surface area (Å²) in [6.07, 6.45) is 0.581. The van der Waals surface area contributed by atoms with Gasteiger partial charge in [0.15, 0.2) is 6.29 Å². The van der Waals surface area contributed by atoms with Crippen molar-refractivity contribution in [2.45, 2.75) is 20.8 Å². The molecule has 0 aliphatic carbocycles. The molecule has 1 aromatic carbocycles. The first-order valence-electron chi connectivity index (χ1n) is 14.2. The molecular formula is C12H14FNO2S57. The molecule has 0 radical (unpaired) electrons. The summed E-state index contributed by atoms with van der Waals surface area (Å²) < 4.78 is 13.0. The molecule has 0 spiro atoms. The van der Waals surface area contributed by atoms with Gasteiger partial charge < -0.3 is 5.32 Å². The lowest BCUT2D eigenvalue weighted by atomic mass is 9.95. The number of hydrogen-bond donors (Lipinski definition) is 1. The second-order valence-corrected chi connectivity index (χ2v) is 106. The van der Waals surface area contributed by atoms with Crippen molar-refractivity contribution in [1.82, 2.24) is 0 Å². The molecule has 73 heavy (non-hydrogen) atoms. The highest BCUT2D eigenvalue weighted by Gasteiger charge is 2.22. The second-order valence-electron chi connectivity index (χ2n) is 8.30. The predicted molar refractivity (Wildman–Crippen MR) is 480 cm³/mol. The van der Waals surface area contributed by atoms with Gasteiger partial charge in [-0.1, -0.05) is 20.8 Å². The lowest BCUT2D eigenvalue weighted by molar-refractivity contribution is -0.123. The highest BCUT2D eigenvalue weighted by Crippen LogP contribution is 2.20. The summed E-state index contributed by atoms with van der Waals surface area (Å²) in [5.74, 6) is -0.754. The van der Waals surface area contributed by atoms with Crippen molar-refractivity contribution in [3.8, 4) is 0 Å². The van der Waals surface area contributed by atoms with Crippen molar-refractivity contribution in [2.75, 3.05) is 5.32 Å². The van der Waals surface area contributed by atoms with E-state index in [1.165, 1.54) is 29.9 Å². The van der Waals surface area contributed by atoms with Crippen LogP contribution in [0.25, 0.3) is 0 Å². The number of nitrogens with one attached hydrogen (secondary N) is 1. The first-order valence-corrected chi connectivity index (χ1v) is 88.9. The summed E-state index contributed by atoms with van der Waals surface area (Å²) >= 11 is 9.63.